The Balaban J connectivity index is 1.59. The van der Waals surface area contributed by atoms with E-state index in [9.17, 15) is 13.2 Å². The molecule has 1 saturated carbocycles. The summed E-state index contributed by atoms with van der Waals surface area (Å²) in [6, 6.07) is 21.0. The highest BCUT2D eigenvalue weighted by Gasteiger charge is 2.30. The monoisotopic (exact) mass is 499 g/mol. The molecule has 2 aliphatic carbocycles. The number of fused-ring (bicyclic) bond motifs is 2. The summed E-state index contributed by atoms with van der Waals surface area (Å²) in [6.45, 7) is 1.94. The lowest BCUT2D eigenvalue weighted by Crippen LogP contribution is -2.22. The van der Waals surface area contributed by atoms with Crippen molar-refractivity contribution in [2.75, 3.05) is 5.32 Å². The molecule has 0 radical (unpaired) electrons. The summed E-state index contributed by atoms with van der Waals surface area (Å²) in [5.41, 5.74) is 5.52. The van der Waals surface area contributed by atoms with Crippen molar-refractivity contribution in [2.45, 2.75) is 38.4 Å². The molecule has 0 amide bonds. The van der Waals surface area contributed by atoms with Crippen LogP contribution in [0.5, 0.6) is 0 Å². The number of para-hydroxylation sites is 2. The summed E-state index contributed by atoms with van der Waals surface area (Å²) >= 11 is 0. The van der Waals surface area contributed by atoms with Gasteiger partial charge in [-0.1, -0.05) is 12.1 Å². The summed E-state index contributed by atoms with van der Waals surface area (Å²) in [5, 5.41) is 4.23. The smallest absolute Gasteiger partial charge is 0.352 e. The van der Waals surface area contributed by atoms with Crippen LogP contribution in [-0.2, 0) is 6.18 Å². The fraction of sp³-hybridized carbons (Fsp3) is 0.207. The number of nitrogens with one attached hydrogen (secondary N) is 1. The van der Waals surface area contributed by atoms with Gasteiger partial charge in [0.1, 0.15) is 0 Å². The van der Waals surface area contributed by atoms with Crippen molar-refractivity contribution in [1.82, 2.24) is 14.5 Å². The quantitative estimate of drug-likeness (QED) is 0.270. The van der Waals surface area contributed by atoms with Gasteiger partial charge in [-0.3, -0.25) is 9.98 Å². The minimum absolute atomic E-state index is 0.252. The molecule has 2 heterocycles. The first kappa shape index (κ1) is 23.2. The van der Waals surface area contributed by atoms with Gasteiger partial charge < -0.3 is 9.88 Å². The van der Waals surface area contributed by atoms with Crippen molar-refractivity contribution in [1.29, 1.82) is 0 Å². The Morgan fingerprint density at radius 1 is 0.973 bits per heavy atom. The largest absolute Gasteiger partial charge is 0.416 e. The maximum atomic E-state index is 13.2. The molecule has 5 nitrogen and oxygen atoms in total. The minimum Gasteiger partial charge on any atom is -0.352 e. The first-order chi connectivity index (χ1) is 17.8. The SMILES string of the molecule is Cc1ccc(Nc2cc3nc4ccccc4n(-c4ccc(C(F)(F)F)cc4)c-3c/c2=N\C2CCC2)cn1. The van der Waals surface area contributed by atoms with Crippen molar-refractivity contribution in [3.05, 3.63) is 95.6 Å². The van der Waals surface area contributed by atoms with Crippen LogP contribution in [0.25, 0.3) is 28.1 Å². The van der Waals surface area contributed by atoms with E-state index in [0.29, 0.717) is 11.4 Å². The second-order valence-corrected chi connectivity index (χ2v) is 9.37. The van der Waals surface area contributed by atoms with Crippen LogP contribution in [0, 0.1) is 6.92 Å². The lowest BCUT2D eigenvalue weighted by Gasteiger charge is -2.23. The summed E-state index contributed by atoms with van der Waals surface area (Å²) < 4.78 is 41.7. The number of benzene rings is 3. The van der Waals surface area contributed by atoms with Crippen molar-refractivity contribution in [3.63, 3.8) is 0 Å². The average molecular weight is 500 g/mol. The van der Waals surface area contributed by atoms with Crippen molar-refractivity contribution >= 4 is 22.4 Å². The number of alkyl halides is 3. The van der Waals surface area contributed by atoms with E-state index in [4.69, 9.17) is 9.98 Å². The van der Waals surface area contributed by atoms with Crippen LogP contribution in [-0.4, -0.2) is 20.6 Å². The van der Waals surface area contributed by atoms with Crippen molar-refractivity contribution in [3.8, 4) is 17.1 Å². The predicted octanol–water partition coefficient (Wildman–Crippen LogP) is 7.05. The summed E-state index contributed by atoms with van der Waals surface area (Å²) in [5.74, 6) is 0. The normalized spacial score (nSPS) is 14.8. The zero-order valence-electron chi connectivity index (χ0n) is 20.1. The van der Waals surface area contributed by atoms with E-state index in [1.54, 1.807) is 6.20 Å². The molecule has 6 rings (SSSR count). The molecule has 1 aromatic heterocycles. The molecule has 3 aromatic rings. The second kappa shape index (κ2) is 9.03. The van der Waals surface area contributed by atoms with Crippen LogP contribution in [0.1, 0.15) is 30.5 Å². The number of nitrogens with zero attached hydrogens (tertiary/aromatic N) is 4. The average Bonchev–Trinajstić information content (AvgIpc) is 2.86. The number of aromatic nitrogens is 3. The van der Waals surface area contributed by atoms with Crippen LogP contribution in [0.15, 0.2) is 84.0 Å². The Hall–Kier alpha value is -4.20. The lowest BCUT2D eigenvalue weighted by molar-refractivity contribution is -0.137. The topological polar surface area (TPSA) is 55.1 Å². The first-order valence-electron chi connectivity index (χ1n) is 12.2. The number of anilines is 2. The molecule has 0 bridgehead atoms. The number of hydrogen-bond acceptors (Lipinski definition) is 4. The Kier molecular flexibility index (Phi) is 5.67. The molecular weight excluding hydrogens is 475 g/mol. The second-order valence-electron chi connectivity index (χ2n) is 9.37. The van der Waals surface area contributed by atoms with Crippen LogP contribution in [0.3, 0.4) is 0 Å². The molecule has 1 fully saturated rings. The molecule has 1 N–H and O–H groups in total. The van der Waals surface area contributed by atoms with E-state index in [0.717, 1.165) is 70.5 Å². The number of rotatable bonds is 4. The molecule has 37 heavy (non-hydrogen) atoms. The third kappa shape index (κ3) is 4.55. The standard InChI is InChI=1S/C29H24F3N5/c1-18-9-12-21(17-33-18)35-24-15-26-28(16-25(24)34-20-5-4-6-20)37(27-8-3-2-7-23(27)36-26)22-13-10-19(11-14-22)29(30,31)32/h2-3,7-17,20,35H,4-6H2,1H3/b34-25+. The van der Waals surface area contributed by atoms with E-state index < -0.39 is 11.7 Å². The fourth-order valence-electron chi connectivity index (χ4n) is 4.54. The van der Waals surface area contributed by atoms with Crippen LogP contribution in [0.4, 0.5) is 24.5 Å². The molecule has 8 heteroatoms. The minimum atomic E-state index is -4.40. The number of halogens is 3. The molecule has 1 aliphatic heterocycles. The summed E-state index contributed by atoms with van der Waals surface area (Å²) in [7, 11) is 0. The van der Waals surface area contributed by atoms with Gasteiger partial charge in [-0.25, -0.2) is 4.98 Å². The Labute approximate surface area is 211 Å². The van der Waals surface area contributed by atoms with Gasteiger partial charge in [0.05, 0.1) is 57.0 Å². The van der Waals surface area contributed by atoms with E-state index in [-0.39, 0.29) is 6.04 Å². The zero-order valence-corrected chi connectivity index (χ0v) is 20.1. The lowest BCUT2D eigenvalue weighted by atomic mass is 9.94. The number of pyridine rings is 1. The van der Waals surface area contributed by atoms with Gasteiger partial charge in [0.2, 0.25) is 0 Å². The molecule has 2 aromatic carbocycles. The van der Waals surface area contributed by atoms with Crippen LogP contribution in [0.2, 0.25) is 0 Å². The van der Waals surface area contributed by atoms with E-state index >= 15 is 0 Å². The zero-order chi connectivity index (χ0) is 25.6. The molecule has 0 spiro atoms. The third-order valence-corrected chi connectivity index (χ3v) is 6.74. The maximum Gasteiger partial charge on any atom is 0.416 e. The Morgan fingerprint density at radius 3 is 2.43 bits per heavy atom. The Bertz CT molecular complexity index is 1620. The van der Waals surface area contributed by atoms with Gasteiger partial charge in [-0.15, -0.1) is 0 Å². The summed E-state index contributed by atoms with van der Waals surface area (Å²) in [4.78, 5) is 14.3. The van der Waals surface area contributed by atoms with E-state index in [1.807, 2.05) is 60.0 Å². The molecule has 0 atom stereocenters. The van der Waals surface area contributed by atoms with Gasteiger partial charge in [0.15, 0.2) is 0 Å². The van der Waals surface area contributed by atoms with Crippen molar-refractivity contribution in [2.24, 2.45) is 4.99 Å². The number of aryl methyl sites for hydroxylation is 1. The van der Waals surface area contributed by atoms with Crippen LogP contribution >= 0.6 is 0 Å². The van der Waals surface area contributed by atoms with E-state index in [1.165, 1.54) is 12.1 Å². The highest BCUT2D eigenvalue weighted by atomic mass is 19.4. The Morgan fingerprint density at radius 2 is 1.76 bits per heavy atom. The highest BCUT2D eigenvalue weighted by molar-refractivity contribution is 5.84. The molecule has 0 saturated heterocycles. The molecule has 3 aliphatic rings. The van der Waals surface area contributed by atoms with Crippen LogP contribution < -0.4 is 10.7 Å². The van der Waals surface area contributed by atoms with Gasteiger partial charge in [0.25, 0.3) is 0 Å². The molecule has 0 unspecified atom stereocenters. The number of hydrogen-bond donors (Lipinski definition) is 1. The maximum absolute atomic E-state index is 13.2. The third-order valence-electron chi connectivity index (χ3n) is 6.74. The molecule has 186 valence electrons. The highest BCUT2D eigenvalue weighted by Crippen LogP contribution is 2.33. The van der Waals surface area contributed by atoms with Gasteiger partial charge in [-0.2, -0.15) is 13.2 Å². The van der Waals surface area contributed by atoms with Crippen molar-refractivity contribution < 1.29 is 13.2 Å². The fourth-order valence-corrected chi connectivity index (χ4v) is 4.54. The predicted molar refractivity (Wildman–Crippen MR) is 138 cm³/mol. The van der Waals surface area contributed by atoms with Gasteiger partial charge in [-0.05, 0) is 86.8 Å². The van der Waals surface area contributed by atoms with Gasteiger partial charge in [0, 0.05) is 11.4 Å². The summed E-state index contributed by atoms with van der Waals surface area (Å²) in [6.07, 6.45) is 0.621. The first-order valence-corrected chi connectivity index (χ1v) is 12.2. The molecular formula is C29H24F3N5. The van der Waals surface area contributed by atoms with E-state index in [2.05, 4.69) is 10.3 Å². The van der Waals surface area contributed by atoms with Gasteiger partial charge >= 0.3 is 6.18 Å².